The number of carbonyl (C=O) groups excluding carboxylic acids is 3. The maximum absolute atomic E-state index is 12.3. The van der Waals surface area contributed by atoms with Crippen molar-refractivity contribution in [1.82, 2.24) is 0 Å². The zero-order valence-corrected chi connectivity index (χ0v) is 13.1. The molecule has 0 aliphatic carbocycles. The van der Waals surface area contributed by atoms with E-state index in [-0.39, 0.29) is 28.5 Å². The van der Waals surface area contributed by atoms with Crippen LogP contribution in [0, 0.1) is 0 Å². The molecule has 0 fully saturated rings. The van der Waals surface area contributed by atoms with Crippen molar-refractivity contribution in [2.45, 2.75) is 19.9 Å². The number of hydrogen-bond donors (Lipinski definition) is 0. The van der Waals surface area contributed by atoms with E-state index in [1.54, 1.807) is 6.92 Å². The van der Waals surface area contributed by atoms with Crippen LogP contribution in [0.3, 0.4) is 0 Å². The van der Waals surface area contributed by atoms with Crippen molar-refractivity contribution in [3.05, 3.63) is 11.6 Å². The molecule has 1 aromatic carbocycles. The van der Waals surface area contributed by atoms with Crippen LogP contribution in [0.1, 0.15) is 24.2 Å². The van der Waals surface area contributed by atoms with Crippen LogP contribution in [0.15, 0.2) is 6.07 Å². The zero-order valence-electron chi connectivity index (χ0n) is 13.1. The molecule has 7 nitrogen and oxygen atoms in total. The Morgan fingerprint density at radius 3 is 2.14 bits per heavy atom. The Labute approximate surface area is 127 Å². The number of hydrogen-bond acceptors (Lipinski definition) is 6. The van der Waals surface area contributed by atoms with Crippen molar-refractivity contribution < 1.29 is 28.6 Å². The highest BCUT2D eigenvalue weighted by Gasteiger charge is 2.44. The Balaban J connectivity index is 2.77. The van der Waals surface area contributed by atoms with Crippen molar-refractivity contribution >= 4 is 23.2 Å². The smallest absolute Gasteiger partial charge is 0.300 e. The molecule has 1 heterocycles. The summed E-state index contributed by atoms with van der Waals surface area (Å²) in [5.41, 5.74) is 0.366. The van der Waals surface area contributed by atoms with Gasteiger partial charge in [0.1, 0.15) is 0 Å². The van der Waals surface area contributed by atoms with Gasteiger partial charge in [-0.05, 0) is 13.8 Å². The Hall–Kier alpha value is -2.57. The first-order valence-corrected chi connectivity index (χ1v) is 6.60. The number of carbonyl (C=O) groups is 3. The summed E-state index contributed by atoms with van der Waals surface area (Å²) in [6.07, 6.45) is 0. The van der Waals surface area contributed by atoms with E-state index < -0.39 is 17.7 Å². The third kappa shape index (κ3) is 2.09. The van der Waals surface area contributed by atoms with Crippen LogP contribution in [-0.2, 0) is 9.59 Å². The van der Waals surface area contributed by atoms with E-state index in [4.69, 9.17) is 14.2 Å². The largest absolute Gasteiger partial charge is 0.493 e. The first-order chi connectivity index (χ1) is 10.4. The van der Waals surface area contributed by atoms with Crippen LogP contribution in [-0.4, -0.2) is 44.8 Å². The van der Waals surface area contributed by atoms with Crippen molar-refractivity contribution in [2.24, 2.45) is 0 Å². The second-order valence-corrected chi connectivity index (χ2v) is 4.83. The predicted molar refractivity (Wildman–Crippen MR) is 78.1 cm³/mol. The lowest BCUT2D eigenvalue weighted by atomic mass is 10.1. The lowest BCUT2D eigenvalue weighted by Gasteiger charge is -2.23. The SMILES string of the molecule is COc1cc2c(c(OC)c1OC)C(=O)C(=O)N2C(C)C(C)=O. The van der Waals surface area contributed by atoms with E-state index >= 15 is 0 Å². The van der Waals surface area contributed by atoms with Crippen LogP contribution >= 0.6 is 0 Å². The fourth-order valence-corrected chi connectivity index (χ4v) is 2.44. The number of ketones is 2. The minimum atomic E-state index is -0.772. The van der Waals surface area contributed by atoms with Gasteiger partial charge >= 0.3 is 0 Å². The third-order valence-corrected chi connectivity index (χ3v) is 3.68. The van der Waals surface area contributed by atoms with Gasteiger partial charge in [-0.3, -0.25) is 19.3 Å². The van der Waals surface area contributed by atoms with Gasteiger partial charge in [-0.1, -0.05) is 0 Å². The summed E-state index contributed by atoms with van der Waals surface area (Å²) in [6.45, 7) is 2.92. The zero-order chi connectivity index (χ0) is 16.6. The molecule has 0 spiro atoms. The third-order valence-electron chi connectivity index (χ3n) is 3.68. The molecule has 1 aliphatic rings. The van der Waals surface area contributed by atoms with Gasteiger partial charge in [0.15, 0.2) is 17.3 Å². The second-order valence-electron chi connectivity index (χ2n) is 4.83. The first-order valence-electron chi connectivity index (χ1n) is 6.60. The molecule has 118 valence electrons. The maximum Gasteiger partial charge on any atom is 0.300 e. The van der Waals surface area contributed by atoms with Crippen molar-refractivity contribution in [3.8, 4) is 17.2 Å². The molecule has 1 atom stereocenters. The Bertz CT molecular complexity index is 666. The molecule has 0 saturated heterocycles. The molecule has 1 unspecified atom stereocenters. The summed E-state index contributed by atoms with van der Waals surface area (Å²) in [6, 6.07) is 0.736. The van der Waals surface area contributed by atoms with E-state index in [0.29, 0.717) is 5.75 Å². The number of benzene rings is 1. The van der Waals surface area contributed by atoms with Gasteiger partial charge in [0, 0.05) is 6.07 Å². The number of rotatable bonds is 5. The first kappa shape index (κ1) is 15.8. The van der Waals surface area contributed by atoms with Crippen LogP contribution in [0.25, 0.3) is 0 Å². The molecule has 1 aliphatic heterocycles. The molecule has 0 saturated carbocycles. The molecule has 1 amide bonds. The summed E-state index contributed by atoms with van der Waals surface area (Å²) in [7, 11) is 4.21. The molecule has 0 N–H and O–H groups in total. The fraction of sp³-hybridized carbons (Fsp3) is 0.400. The molecule has 0 aromatic heterocycles. The van der Waals surface area contributed by atoms with Crippen LogP contribution in [0.5, 0.6) is 17.2 Å². The molecule has 22 heavy (non-hydrogen) atoms. The Morgan fingerprint density at radius 1 is 1.09 bits per heavy atom. The number of ether oxygens (including phenoxy) is 3. The normalized spacial score (nSPS) is 14.7. The van der Waals surface area contributed by atoms with E-state index in [1.165, 1.54) is 34.3 Å². The van der Waals surface area contributed by atoms with E-state index in [0.717, 1.165) is 4.90 Å². The monoisotopic (exact) mass is 307 g/mol. The molecular weight excluding hydrogens is 290 g/mol. The topological polar surface area (TPSA) is 82.1 Å². The van der Waals surface area contributed by atoms with Crippen molar-refractivity contribution in [1.29, 1.82) is 0 Å². The highest BCUT2D eigenvalue weighted by molar-refractivity contribution is 6.53. The number of amides is 1. The number of Topliss-reactive ketones (excluding diaryl/α,β-unsaturated/α-hetero) is 2. The van der Waals surface area contributed by atoms with Gasteiger partial charge in [-0.2, -0.15) is 0 Å². The summed E-state index contributed by atoms with van der Waals surface area (Å²) in [5, 5.41) is 0. The quantitative estimate of drug-likeness (QED) is 0.761. The van der Waals surface area contributed by atoms with E-state index in [9.17, 15) is 14.4 Å². The van der Waals surface area contributed by atoms with Gasteiger partial charge in [-0.25, -0.2) is 0 Å². The minimum Gasteiger partial charge on any atom is -0.493 e. The highest BCUT2D eigenvalue weighted by atomic mass is 16.5. The highest BCUT2D eigenvalue weighted by Crippen LogP contribution is 2.48. The van der Waals surface area contributed by atoms with Gasteiger partial charge in [0.25, 0.3) is 11.7 Å². The van der Waals surface area contributed by atoms with Crippen molar-refractivity contribution in [2.75, 3.05) is 26.2 Å². The average Bonchev–Trinajstić information content (AvgIpc) is 2.75. The Morgan fingerprint density at radius 2 is 1.68 bits per heavy atom. The molecular formula is C15H17NO6. The molecule has 1 aromatic rings. The average molecular weight is 307 g/mol. The molecule has 0 bridgehead atoms. The number of nitrogens with zero attached hydrogens (tertiary/aromatic N) is 1. The number of fused-ring (bicyclic) bond motifs is 1. The van der Waals surface area contributed by atoms with Crippen molar-refractivity contribution in [3.63, 3.8) is 0 Å². The van der Waals surface area contributed by atoms with Crippen LogP contribution < -0.4 is 19.1 Å². The molecule has 7 heteroatoms. The molecule has 0 radical (unpaired) electrons. The lowest BCUT2D eigenvalue weighted by Crippen LogP contribution is -2.41. The van der Waals surface area contributed by atoms with Gasteiger partial charge in [0.05, 0.1) is 38.6 Å². The summed E-state index contributed by atoms with van der Waals surface area (Å²) in [5.74, 6) is -1.09. The number of anilines is 1. The standard InChI is InChI=1S/C15H17NO6/c1-7(8(2)17)16-9-6-10(20-3)13(21-4)14(22-5)11(9)12(18)15(16)19/h6-7H,1-5H3. The second kappa shape index (κ2) is 5.67. The maximum atomic E-state index is 12.3. The van der Waals surface area contributed by atoms with Crippen LogP contribution in [0.4, 0.5) is 5.69 Å². The van der Waals surface area contributed by atoms with Crippen LogP contribution in [0.2, 0.25) is 0 Å². The molecule has 2 rings (SSSR count). The Kier molecular flexibility index (Phi) is 4.07. The number of methoxy groups -OCH3 is 3. The minimum absolute atomic E-state index is 0.0817. The summed E-state index contributed by atoms with van der Waals surface area (Å²) < 4.78 is 15.7. The lowest BCUT2D eigenvalue weighted by molar-refractivity contribution is -0.121. The fourth-order valence-electron chi connectivity index (χ4n) is 2.44. The van der Waals surface area contributed by atoms with E-state index in [2.05, 4.69) is 0 Å². The summed E-state index contributed by atoms with van der Waals surface area (Å²) in [4.78, 5) is 37.4. The summed E-state index contributed by atoms with van der Waals surface area (Å²) >= 11 is 0. The van der Waals surface area contributed by atoms with E-state index in [1.807, 2.05) is 0 Å². The predicted octanol–water partition coefficient (Wildman–Crippen LogP) is 1.22. The van der Waals surface area contributed by atoms with Gasteiger partial charge in [-0.15, -0.1) is 0 Å². The van der Waals surface area contributed by atoms with Gasteiger partial charge < -0.3 is 14.2 Å². The van der Waals surface area contributed by atoms with Gasteiger partial charge in [0.2, 0.25) is 5.75 Å².